The maximum absolute atomic E-state index is 12.2. The normalized spacial score (nSPS) is 10.7. The number of nitrogens with zero attached hydrogens (tertiary/aromatic N) is 1. The van der Waals surface area contributed by atoms with Crippen LogP contribution in [0.3, 0.4) is 0 Å². The molecule has 7 heteroatoms. The fraction of sp³-hybridized carbons (Fsp3) is 0.417. The van der Waals surface area contributed by atoms with E-state index < -0.39 is 0 Å². The first-order valence-electron chi connectivity index (χ1n) is 10.7. The third-order valence-corrected chi connectivity index (χ3v) is 5.71. The number of hydrogen-bond donors (Lipinski definition) is 2. The highest BCUT2D eigenvalue weighted by atomic mass is 32.2. The SMILES string of the molecule is CCN(CC)CCOc1ccccc1CNC(=O)CSCC(=O)Nc1cccc(C)c1. The van der Waals surface area contributed by atoms with Crippen molar-refractivity contribution in [3.8, 4) is 5.75 Å². The number of hydrogen-bond acceptors (Lipinski definition) is 5. The van der Waals surface area contributed by atoms with Crippen LogP contribution in [-0.4, -0.2) is 54.5 Å². The van der Waals surface area contributed by atoms with E-state index in [4.69, 9.17) is 4.74 Å². The van der Waals surface area contributed by atoms with Crippen molar-refractivity contribution >= 4 is 29.3 Å². The first-order valence-corrected chi connectivity index (χ1v) is 11.8. The van der Waals surface area contributed by atoms with Crippen molar-refractivity contribution in [3.05, 3.63) is 59.7 Å². The Hall–Kier alpha value is -2.51. The molecule has 0 fully saturated rings. The molecule has 0 saturated heterocycles. The van der Waals surface area contributed by atoms with Crippen LogP contribution in [0.25, 0.3) is 0 Å². The van der Waals surface area contributed by atoms with Crippen molar-refractivity contribution in [2.24, 2.45) is 0 Å². The molecule has 0 aromatic heterocycles. The van der Waals surface area contributed by atoms with Gasteiger partial charge in [-0.05, 0) is 43.8 Å². The van der Waals surface area contributed by atoms with Crippen molar-refractivity contribution in [1.29, 1.82) is 0 Å². The van der Waals surface area contributed by atoms with Crippen LogP contribution in [-0.2, 0) is 16.1 Å². The van der Waals surface area contributed by atoms with Gasteiger partial charge in [0, 0.05) is 24.3 Å². The molecule has 2 rings (SSSR count). The number of ether oxygens (including phenoxy) is 1. The summed E-state index contributed by atoms with van der Waals surface area (Å²) in [6.07, 6.45) is 0. The van der Waals surface area contributed by atoms with Crippen LogP contribution in [0, 0.1) is 6.92 Å². The van der Waals surface area contributed by atoms with E-state index in [-0.39, 0.29) is 23.3 Å². The molecule has 0 unspecified atom stereocenters. The summed E-state index contributed by atoms with van der Waals surface area (Å²) in [4.78, 5) is 26.5. The van der Waals surface area contributed by atoms with Gasteiger partial charge in [0.25, 0.3) is 0 Å². The summed E-state index contributed by atoms with van der Waals surface area (Å²) in [5.74, 6) is 1.03. The maximum Gasteiger partial charge on any atom is 0.234 e. The molecular formula is C24H33N3O3S. The molecule has 0 aliphatic rings. The highest BCUT2D eigenvalue weighted by Gasteiger charge is 2.09. The Labute approximate surface area is 189 Å². The molecule has 0 radical (unpaired) electrons. The van der Waals surface area contributed by atoms with Gasteiger partial charge in [0.1, 0.15) is 12.4 Å². The van der Waals surface area contributed by atoms with Crippen molar-refractivity contribution in [2.45, 2.75) is 27.3 Å². The number of carbonyl (C=O) groups excluding carboxylic acids is 2. The van der Waals surface area contributed by atoms with Crippen LogP contribution in [0.1, 0.15) is 25.0 Å². The van der Waals surface area contributed by atoms with E-state index in [1.165, 1.54) is 11.8 Å². The smallest absolute Gasteiger partial charge is 0.234 e. The lowest BCUT2D eigenvalue weighted by Crippen LogP contribution is -2.28. The van der Waals surface area contributed by atoms with Gasteiger partial charge in [-0.25, -0.2) is 0 Å². The third-order valence-electron chi connectivity index (χ3n) is 4.78. The molecule has 168 valence electrons. The number of rotatable bonds is 13. The predicted molar refractivity (Wildman–Crippen MR) is 129 cm³/mol. The highest BCUT2D eigenvalue weighted by molar-refractivity contribution is 8.00. The second-order valence-corrected chi connectivity index (χ2v) is 8.16. The summed E-state index contributed by atoms with van der Waals surface area (Å²) in [5.41, 5.74) is 2.80. The van der Waals surface area contributed by atoms with Gasteiger partial charge in [0.2, 0.25) is 11.8 Å². The van der Waals surface area contributed by atoms with Crippen LogP contribution >= 0.6 is 11.8 Å². The Morgan fingerprint density at radius 1 is 1.00 bits per heavy atom. The molecule has 31 heavy (non-hydrogen) atoms. The van der Waals surface area contributed by atoms with Gasteiger partial charge in [-0.1, -0.05) is 44.2 Å². The average molecular weight is 444 g/mol. The molecule has 0 bridgehead atoms. The zero-order valence-electron chi connectivity index (χ0n) is 18.6. The summed E-state index contributed by atoms with van der Waals surface area (Å²) in [7, 11) is 0. The van der Waals surface area contributed by atoms with Crippen LogP contribution in [0.15, 0.2) is 48.5 Å². The number of benzene rings is 2. The van der Waals surface area contributed by atoms with E-state index in [9.17, 15) is 9.59 Å². The minimum absolute atomic E-state index is 0.105. The summed E-state index contributed by atoms with van der Waals surface area (Å²) in [6, 6.07) is 15.4. The summed E-state index contributed by atoms with van der Waals surface area (Å²) < 4.78 is 5.93. The standard InChI is InChI=1S/C24H33N3O3S/c1-4-27(5-2)13-14-30-22-12-7-6-10-20(22)16-25-23(28)17-31-18-24(29)26-21-11-8-9-19(3)15-21/h6-12,15H,4-5,13-14,16-18H2,1-3H3,(H,25,28)(H,26,29). The molecule has 0 aliphatic carbocycles. The predicted octanol–water partition coefficient (Wildman–Crippen LogP) is 3.70. The van der Waals surface area contributed by atoms with Gasteiger partial charge in [-0.2, -0.15) is 0 Å². The number of anilines is 1. The van der Waals surface area contributed by atoms with E-state index in [2.05, 4.69) is 29.4 Å². The fourth-order valence-corrected chi connectivity index (χ4v) is 3.66. The van der Waals surface area contributed by atoms with Crippen LogP contribution in [0.5, 0.6) is 5.75 Å². The van der Waals surface area contributed by atoms with Gasteiger partial charge in [-0.15, -0.1) is 11.8 Å². The van der Waals surface area contributed by atoms with E-state index in [1.54, 1.807) is 0 Å². The van der Waals surface area contributed by atoms with Gasteiger partial charge in [-0.3, -0.25) is 9.59 Å². The lowest BCUT2D eigenvalue weighted by atomic mass is 10.2. The van der Waals surface area contributed by atoms with E-state index in [0.717, 1.165) is 42.2 Å². The van der Waals surface area contributed by atoms with Gasteiger partial charge in [0.15, 0.2) is 0 Å². The minimum Gasteiger partial charge on any atom is -0.492 e. The number of amides is 2. The number of para-hydroxylation sites is 1. The molecule has 2 N–H and O–H groups in total. The Balaban J connectivity index is 1.70. The average Bonchev–Trinajstić information content (AvgIpc) is 2.76. The maximum atomic E-state index is 12.2. The van der Waals surface area contributed by atoms with E-state index in [0.29, 0.717) is 13.2 Å². The minimum atomic E-state index is -0.115. The van der Waals surface area contributed by atoms with Gasteiger partial charge < -0.3 is 20.3 Å². The Morgan fingerprint density at radius 3 is 2.48 bits per heavy atom. The van der Waals surface area contributed by atoms with Crippen molar-refractivity contribution in [2.75, 3.05) is 43.1 Å². The first-order chi connectivity index (χ1) is 15.0. The molecule has 6 nitrogen and oxygen atoms in total. The van der Waals surface area contributed by atoms with Crippen molar-refractivity contribution in [1.82, 2.24) is 10.2 Å². The lowest BCUT2D eigenvalue weighted by molar-refractivity contribution is -0.118. The van der Waals surface area contributed by atoms with Crippen LogP contribution < -0.4 is 15.4 Å². The molecular weight excluding hydrogens is 410 g/mol. The van der Waals surface area contributed by atoms with Crippen molar-refractivity contribution < 1.29 is 14.3 Å². The number of thioether (sulfide) groups is 1. The number of carbonyl (C=O) groups is 2. The topological polar surface area (TPSA) is 70.7 Å². The summed E-state index contributed by atoms with van der Waals surface area (Å²) in [6.45, 7) is 10.1. The second-order valence-electron chi connectivity index (χ2n) is 7.17. The summed E-state index contributed by atoms with van der Waals surface area (Å²) >= 11 is 1.29. The molecule has 0 atom stereocenters. The van der Waals surface area contributed by atoms with Gasteiger partial charge in [0.05, 0.1) is 11.5 Å². The largest absolute Gasteiger partial charge is 0.492 e. The monoisotopic (exact) mass is 443 g/mol. The lowest BCUT2D eigenvalue weighted by Gasteiger charge is -2.19. The summed E-state index contributed by atoms with van der Waals surface area (Å²) in [5, 5.41) is 5.76. The molecule has 0 saturated carbocycles. The number of likely N-dealkylation sites (N-methyl/N-ethyl adjacent to an activating group) is 1. The molecule has 0 aliphatic heterocycles. The Morgan fingerprint density at radius 2 is 1.74 bits per heavy atom. The fourth-order valence-electron chi connectivity index (χ4n) is 3.02. The molecule has 2 aromatic carbocycles. The molecule has 0 spiro atoms. The molecule has 0 heterocycles. The second kappa shape index (κ2) is 13.7. The molecule has 2 aromatic rings. The Kier molecular flexibility index (Phi) is 11.0. The number of nitrogens with one attached hydrogen (secondary N) is 2. The van der Waals surface area contributed by atoms with E-state index in [1.807, 2.05) is 55.5 Å². The zero-order valence-corrected chi connectivity index (χ0v) is 19.5. The van der Waals surface area contributed by atoms with E-state index >= 15 is 0 Å². The first kappa shape index (κ1) is 24.8. The molecule has 2 amide bonds. The van der Waals surface area contributed by atoms with Gasteiger partial charge >= 0.3 is 0 Å². The van der Waals surface area contributed by atoms with Crippen molar-refractivity contribution in [3.63, 3.8) is 0 Å². The quantitative estimate of drug-likeness (QED) is 0.494. The third kappa shape index (κ3) is 9.44. The highest BCUT2D eigenvalue weighted by Crippen LogP contribution is 2.18. The van der Waals surface area contributed by atoms with Crippen LogP contribution in [0.2, 0.25) is 0 Å². The number of aryl methyl sites for hydroxylation is 1. The zero-order chi connectivity index (χ0) is 22.5. The Bertz CT molecular complexity index is 840. The van der Waals surface area contributed by atoms with Crippen LogP contribution in [0.4, 0.5) is 5.69 Å².